The van der Waals surface area contributed by atoms with Crippen LogP contribution in [0.5, 0.6) is 11.5 Å². The van der Waals surface area contributed by atoms with Gasteiger partial charge in [-0.3, -0.25) is 0 Å². The summed E-state index contributed by atoms with van der Waals surface area (Å²) in [6, 6.07) is 22.8. The quantitative estimate of drug-likeness (QED) is 0.496. The molecule has 0 spiro atoms. The molecule has 0 saturated heterocycles. The molecule has 7 heteroatoms. The van der Waals surface area contributed by atoms with E-state index in [4.69, 9.17) is 14.2 Å². The molecule has 32 heavy (non-hydrogen) atoms. The second kappa shape index (κ2) is 11.4. The molecule has 2 N–H and O–H groups in total. The van der Waals surface area contributed by atoms with Crippen LogP contribution in [0, 0.1) is 0 Å². The molecule has 3 rings (SSSR count). The lowest BCUT2D eigenvalue weighted by Crippen LogP contribution is -2.42. The maximum Gasteiger partial charge on any atom is 0.408 e. The molecule has 0 bridgehead atoms. The highest BCUT2D eigenvalue weighted by atomic mass is 16.5. The molecule has 0 aliphatic rings. The number of carboxylic acids is 1. The van der Waals surface area contributed by atoms with Crippen molar-refractivity contribution in [2.75, 3.05) is 7.11 Å². The summed E-state index contributed by atoms with van der Waals surface area (Å²) in [5, 5.41) is 11.8. The summed E-state index contributed by atoms with van der Waals surface area (Å²) in [5.74, 6) is 0.310. The van der Waals surface area contributed by atoms with Crippen molar-refractivity contribution >= 4 is 12.1 Å². The molecule has 0 radical (unpaired) electrons. The van der Waals surface area contributed by atoms with Gasteiger partial charge in [-0.05, 0) is 28.8 Å². The molecule has 0 aliphatic carbocycles. The van der Waals surface area contributed by atoms with E-state index in [0.717, 1.165) is 22.4 Å². The van der Waals surface area contributed by atoms with Crippen molar-refractivity contribution < 1.29 is 28.9 Å². The number of carbonyl (C=O) groups excluding carboxylic acids is 1. The van der Waals surface area contributed by atoms with Gasteiger partial charge >= 0.3 is 12.1 Å². The zero-order valence-electron chi connectivity index (χ0n) is 17.7. The van der Waals surface area contributed by atoms with E-state index in [1.807, 2.05) is 78.9 Å². The molecule has 1 amide bonds. The first-order valence-corrected chi connectivity index (χ1v) is 10.1. The maximum atomic E-state index is 12.1. The monoisotopic (exact) mass is 435 g/mol. The van der Waals surface area contributed by atoms with Crippen LogP contribution in [0.3, 0.4) is 0 Å². The number of hydrogen-bond donors (Lipinski definition) is 2. The van der Waals surface area contributed by atoms with Gasteiger partial charge in [-0.25, -0.2) is 9.59 Å². The molecule has 0 aromatic heterocycles. The summed E-state index contributed by atoms with van der Waals surface area (Å²) in [7, 11) is 1.60. The lowest BCUT2D eigenvalue weighted by Gasteiger charge is -2.15. The molecule has 3 aromatic carbocycles. The van der Waals surface area contributed by atoms with Crippen molar-refractivity contribution in [1.29, 1.82) is 0 Å². The second-order valence-corrected chi connectivity index (χ2v) is 7.09. The Hall–Kier alpha value is -4.00. The molecule has 0 aliphatic heterocycles. The van der Waals surface area contributed by atoms with Crippen LogP contribution in [0.1, 0.15) is 16.7 Å². The van der Waals surface area contributed by atoms with Gasteiger partial charge in [-0.15, -0.1) is 0 Å². The van der Waals surface area contributed by atoms with Gasteiger partial charge < -0.3 is 24.6 Å². The fraction of sp³-hybridized carbons (Fsp3) is 0.200. The summed E-state index contributed by atoms with van der Waals surface area (Å²) >= 11 is 0. The van der Waals surface area contributed by atoms with Crippen molar-refractivity contribution in [2.24, 2.45) is 0 Å². The van der Waals surface area contributed by atoms with E-state index in [1.165, 1.54) is 0 Å². The van der Waals surface area contributed by atoms with Gasteiger partial charge in [0.1, 0.15) is 30.8 Å². The summed E-state index contributed by atoms with van der Waals surface area (Å²) < 4.78 is 16.1. The maximum absolute atomic E-state index is 12.1. The third-order valence-corrected chi connectivity index (χ3v) is 4.71. The van der Waals surface area contributed by atoms with E-state index in [1.54, 1.807) is 7.11 Å². The number of ether oxygens (including phenoxy) is 3. The van der Waals surface area contributed by atoms with Crippen LogP contribution in [0.25, 0.3) is 0 Å². The van der Waals surface area contributed by atoms with Crippen LogP contribution in [0.15, 0.2) is 78.9 Å². The number of carboxylic acid groups (broad SMARTS) is 1. The Labute approximate surface area is 186 Å². The minimum Gasteiger partial charge on any atom is -0.497 e. The first-order chi connectivity index (χ1) is 15.5. The summed E-state index contributed by atoms with van der Waals surface area (Å²) in [5.41, 5.74) is 2.54. The molecule has 0 heterocycles. The number of aliphatic carboxylic acids is 1. The van der Waals surface area contributed by atoms with Crippen molar-refractivity contribution in [3.63, 3.8) is 0 Å². The highest BCUT2D eigenvalue weighted by molar-refractivity contribution is 5.80. The smallest absolute Gasteiger partial charge is 0.408 e. The molecule has 1 unspecified atom stereocenters. The van der Waals surface area contributed by atoms with E-state index < -0.39 is 18.1 Å². The van der Waals surface area contributed by atoms with Gasteiger partial charge in [-0.1, -0.05) is 60.7 Å². The summed E-state index contributed by atoms with van der Waals surface area (Å²) in [6.45, 7) is 0.412. The molecule has 0 saturated carbocycles. The van der Waals surface area contributed by atoms with E-state index in [9.17, 15) is 14.7 Å². The second-order valence-electron chi connectivity index (χ2n) is 7.09. The fourth-order valence-corrected chi connectivity index (χ4v) is 2.97. The van der Waals surface area contributed by atoms with E-state index >= 15 is 0 Å². The molecular weight excluding hydrogens is 410 g/mol. The zero-order chi connectivity index (χ0) is 22.8. The van der Waals surface area contributed by atoms with E-state index in [0.29, 0.717) is 12.4 Å². The first-order valence-electron chi connectivity index (χ1n) is 10.1. The molecule has 7 nitrogen and oxygen atoms in total. The Kier molecular flexibility index (Phi) is 8.09. The standard InChI is InChI=1S/C25H25NO6/c1-30-21-8-5-9-22(15-21)31-16-19-10-12-20(13-11-19)17-32-25(29)26-23(24(27)28)14-18-6-3-2-4-7-18/h2-13,15,23H,14,16-17H2,1H3,(H,26,29)(H,27,28). The number of methoxy groups -OCH3 is 1. The predicted octanol–water partition coefficient (Wildman–Crippen LogP) is 4.20. The van der Waals surface area contributed by atoms with Crippen LogP contribution in [0.2, 0.25) is 0 Å². The van der Waals surface area contributed by atoms with Gasteiger partial charge in [0, 0.05) is 12.5 Å². The Bertz CT molecular complexity index is 1020. The van der Waals surface area contributed by atoms with Crippen LogP contribution in [-0.2, 0) is 29.2 Å². The van der Waals surface area contributed by atoms with Crippen LogP contribution < -0.4 is 14.8 Å². The third kappa shape index (κ3) is 7.05. The lowest BCUT2D eigenvalue weighted by molar-refractivity contribution is -0.139. The Morgan fingerprint density at radius 1 is 0.844 bits per heavy atom. The highest BCUT2D eigenvalue weighted by Gasteiger charge is 2.21. The van der Waals surface area contributed by atoms with E-state index in [-0.39, 0.29) is 13.0 Å². The minimum atomic E-state index is -1.12. The topological polar surface area (TPSA) is 94.1 Å². The van der Waals surface area contributed by atoms with Gasteiger partial charge in [0.25, 0.3) is 0 Å². The molecule has 1 atom stereocenters. The number of amides is 1. The van der Waals surface area contributed by atoms with E-state index in [2.05, 4.69) is 5.32 Å². The van der Waals surface area contributed by atoms with Crippen molar-refractivity contribution in [2.45, 2.75) is 25.7 Å². The van der Waals surface area contributed by atoms with Gasteiger partial charge in [0.15, 0.2) is 0 Å². The molecular formula is C25H25NO6. The number of hydrogen-bond acceptors (Lipinski definition) is 5. The zero-order valence-corrected chi connectivity index (χ0v) is 17.7. The predicted molar refractivity (Wildman–Crippen MR) is 119 cm³/mol. The summed E-state index contributed by atoms with van der Waals surface area (Å²) in [4.78, 5) is 23.5. The van der Waals surface area contributed by atoms with Gasteiger partial charge in [0.2, 0.25) is 0 Å². The number of rotatable bonds is 10. The Morgan fingerprint density at radius 2 is 1.50 bits per heavy atom. The molecule has 0 fully saturated rings. The molecule has 3 aromatic rings. The number of alkyl carbamates (subject to hydrolysis) is 1. The summed E-state index contributed by atoms with van der Waals surface area (Å²) in [6.07, 6.45) is -0.605. The number of benzene rings is 3. The Morgan fingerprint density at radius 3 is 2.16 bits per heavy atom. The average Bonchev–Trinajstić information content (AvgIpc) is 2.82. The van der Waals surface area contributed by atoms with Crippen LogP contribution in [-0.4, -0.2) is 30.3 Å². The normalized spacial score (nSPS) is 11.3. The SMILES string of the molecule is COc1cccc(OCc2ccc(COC(=O)NC(Cc3ccccc3)C(=O)O)cc2)c1. The average molecular weight is 435 g/mol. The van der Waals surface area contributed by atoms with Gasteiger partial charge in [-0.2, -0.15) is 0 Å². The third-order valence-electron chi connectivity index (χ3n) is 4.71. The lowest BCUT2D eigenvalue weighted by atomic mass is 10.1. The highest BCUT2D eigenvalue weighted by Crippen LogP contribution is 2.20. The van der Waals surface area contributed by atoms with Crippen molar-refractivity contribution in [1.82, 2.24) is 5.32 Å². The Balaban J connectivity index is 1.46. The number of carbonyl (C=O) groups is 2. The van der Waals surface area contributed by atoms with Crippen molar-refractivity contribution in [3.05, 3.63) is 95.6 Å². The van der Waals surface area contributed by atoms with Crippen LogP contribution in [0.4, 0.5) is 4.79 Å². The molecule has 166 valence electrons. The van der Waals surface area contributed by atoms with Gasteiger partial charge in [0.05, 0.1) is 7.11 Å². The largest absolute Gasteiger partial charge is 0.497 e. The van der Waals surface area contributed by atoms with Crippen molar-refractivity contribution in [3.8, 4) is 11.5 Å². The fourth-order valence-electron chi connectivity index (χ4n) is 2.97. The number of nitrogens with one attached hydrogen (secondary N) is 1. The van der Waals surface area contributed by atoms with Crippen LogP contribution >= 0.6 is 0 Å². The first kappa shape index (κ1) is 22.7. The minimum absolute atomic E-state index is 0.0283.